The minimum atomic E-state index is -2.63. The summed E-state index contributed by atoms with van der Waals surface area (Å²) in [5.74, 6) is 0. The number of benzene rings is 3. The van der Waals surface area contributed by atoms with Crippen LogP contribution in [0.3, 0.4) is 0 Å². The van der Waals surface area contributed by atoms with Gasteiger partial charge in [0, 0.05) is 0 Å². The summed E-state index contributed by atoms with van der Waals surface area (Å²) in [5, 5.41) is 12.9. The highest BCUT2D eigenvalue weighted by Crippen LogP contribution is 2.36. The predicted molar refractivity (Wildman–Crippen MR) is 126 cm³/mol. The monoisotopic (exact) mass is 420 g/mol. The number of rotatable bonds is 9. The van der Waals surface area contributed by atoms with Gasteiger partial charge in [0.25, 0.3) is 8.32 Å². The van der Waals surface area contributed by atoms with Gasteiger partial charge in [-0.05, 0) is 21.0 Å². The molecule has 3 aromatic rings. The van der Waals surface area contributed by atoms with Gasteiger partial charge in [0.05, 0.1) is 25.9 Å². The predicted octanol–water partition coefficient (Wildman–Crippen LogP) is 4.14. The Hall–Kier alpha value is -2.24. The SMILES string of the molecule is CC(C)(C)[Si](OC[C@@H](O)COCc1ccccc1)(c1ccccc1)c1ccccc1. The van der Waals surface area contributed by atoms with Crippen molar-refractivity contribution in [2.24, 2.45) is 0 Å². The van der Waals surface area contributed by atoms with Crippen molar-refractivity contribution in [3.63, 3.8) is 0 Å². The summed E-state index contributed by atoms with van der Waals surface area (Å²) in [6.07, 6.45) is -0.685. The Kier molecular flexibility index (Phi) is 7.62. The van der Waals surface area contributed by atoms with E-state index in [1.54, 1.807) is 0 Å². The molecule has 0 unspecified atom stereocenters. The highest BCUT2D eigenvalue weighted by Gasteiger charge is 2.50. The summed E-state index contributed by atoms with van der Waals surface area (Å²) in [7, 11) is -2.63. The first kappa shape index (κ1) is 22.4. The van der Waals surface area contributed by atoms with E-state index in [9.17, 15) is 5.11 Å². The molecule has 1 atom stereocenters. The first-order chi connectivity index (χ1) is 14.4. The number of aliphatic hydroxyl groups excluding tert-OH is 1. The highest BCUT2D eigenvalue weighted by atomic mass is 28.4. The molecule has 0 saturated carbocycles. The van der Waals surface area contributed by atoms with Crippen LogP contribution in [0.1, 0.15) is 26.3 Å². The molecule has 0 spiro atoms. The minimum Gasteiger partial charge on any atom is -0.405 e. The van der Waals surface area contributed by atoms with Crippen molar-refractivity contribution in [2.75, 3.05) is 13.2 Å². The van der Waals surface area contributed by atoms with Crippen molar-refractivity contribution in [1.29, 1.82) is 0 Å². The van der Waals surface area contributed by atoms with Crippen LogP contribution in [0, 0.1) is 0 Å². The lowest BCUT2D eigenvalue weighted by Crippen LogP contribution is -2.67. The van der Waals surface area contributed by atoms with E-state index in [-0.39, 0.29) is 18.3 Å². The number of hydrogen-bond donors (Lipinski definition) is 1. The summed E-state index contributed by atoms with van der Waals surface area (Å²) in [4.78, 5) is 0. The van der Waals surface area contributed by atoms with Gasteiger partial charge in [0.1, 0.15) is 0 Å². The molecule has 158 valence electrons. The Labute approximate surface area is 181 Å². The number of hydrogen-bond acceptors (Lipinski definition) is 3. The second-order valence-corrected chi connectivity index (χ2v) is 12.9. The van der Waals surface area contributed by atoms with Crippen LogP contribution in [0.15, 0.2) is 91.0 Å². The lowest BCUT2D eigenvalue weighted by Gasteiger charge is -2.43. The largest absolute Gasteiger partial charge is 0.405 e. The molecule has 3 nitrogen and oxygen atoms in total. The lowest BCUT2D eigenvalue weighted by atomic mass is 10.2. The van der Waals surface area contributed by atoms with Gasteiger partial charge in [0.2, 0.25) is 0 Å². The van der Waals surface area contributed by atoms with Gasteiger partial charge in [-0.15, -0.1) is 0 Å². The molecule has 0 bridgehead atoms. The van der Waals surface area contributed by atoms with Crippen LogP contribution in [-0.2, 0) is 15.8 Å². The second kappa shape index (κ2) is 10.2. The topological polar surface area (TPSA) is 38.7 Å². The van der Waals surface area contributed by atoms with Crippen molar-refractivity contribution < 1.29 is 14.3 Å². The highest BCUT2D eigenvalue weighted by molar-refractivity contribution is 6.99. The van der Waals surface area contributed by atoms with E-state index in [4.69, 9.17) is 9.16 Å². The van der Waals surface area contributed by atoms with Gasteiger partial charge in [-0.1, -0.05) is 112 Å². The maximum Gasteiger partial charge on any atom is 0.261 e. The smallest absolute Gasteiger partial charge is 0.261 e. The van der Waals surface area contributed by atoms with E-state index in [1.165, 1.54) is 10.4 Å². The molecular weight excluding hydrogens is 388 g/mol. The maximum atomic E-state index is 10.6. The summed E-state index contributed by atoms with van der Waals surface area (Å²) in [5.41, 5.74) is 1.10. The standard InChI is InChI=1S/C26H32O3Si/c1-26(2,3)30(24-15-9-5-10-16-24,25-17-11-6-12-18-25)29-21-23(27)20-28-19-22-13-7-4-8-14-22/h4-18,23,27H,19-21H2,1-3H3/t23-/m0/s1. The van der Waals surface area contributed by atoms with Crippen molar-refractivity contribution in [2.45, 2.75) is 38.5 Å². The van der Waals surface area contributed by atoms with Gasteiger partial charge in [-0.2, -0.15) is 0 Å². The van der Waals surface area contributed by atoms with Gasteiger partial charge in [0.15, 0.2) is 0 Å². The van der Waals surface area contributed by atoms with Crippen molar-refractivity contribution in [3.8, 4) is 0 Å². The Morgan fingerprint density at radius 1 is 0.733 bits per heavy atom. The average Bonchev–Trinajstić information content (AvgIpc) is 2.75. The molecular formula is C26H32O3Si. The van der Waals surface area contributed by atoms with Crippen LogP contribution in [0.5, 0.6) is 0 Å². The number of aliphatic hydroxyl groups is 1. The first-order valence-corrected chi connectivity index (χ1v) is 12.4. The zero-order chi connectivity index (χ0) is 21.5. The quantitative estimate of drug-likeness (QED) is 0.529. The molecule has 1 N–H and O–H groups in total. The van der Waals surface area contributed by atoms with Crippen molar-refractivity contribution >= 4 is 18.7 Å². The fourth-order valence-electron chi connectivity index (χ4n) is 3.92. The fourth-order valence-corrected chi connectivity index (χ4v) is 8.52. The Morgan fingerprint density at radius 3 is 1.67 bits per heavy atom. The second-order valence-electron chi connectivity index (χ2n) is 8.63. The van der Waals surface area contributed by atoms with Crippen LogP contribution in [-0.4, -0.2) is 32.7 Å². The van der Waals surface area contributed by atoms with E-state index in [1.807, 2.05) is 42.5 Å². The third-order valence-corrected chi connectivity index (χ3v) is 10.3. The lowest BCUT2D eigenvalue weighted by molar-refractivity contribution is 0.00354. The maximum absolute atomic E-state index is 10.6. The summed E-state index contributed by atoms with van der Waals surface area (Å²) in [6.45, 7) is 7.67. The van der Waals surface area contributed by atoms with E-state index in [0.29, 0.717) is 6.61 Å². The first-order valence-electron chi connectivity index (χ1n) is 10.5. The zero-order valence-electron chi connectivity index (χ0n) is 18.1. The van der Waals surface area contributed by atoms with E-state index >= 15 is 0 Å². The van der Waals surface area contributed by atoms with Crippen LogP contribution >= 0.6 is 0 Å². The van der Waals surface area contributed by atoms with E-state index < -0.39 is 14.4 Å². The third kappa shape index (κ3) is 5.27. The molecule has 0 aliphatic carbocycles. The average molecular weight is 421 g/mol. The minimum absolute atomic E-state index is 0.111. The van der Waals surface area contributed by atoms with E-state index in [2.05, 4.69) is 69.3 Å². The van der Waals surface area contributed by atoms with E-state index in [0.717, 1.165) is 5.56 Å². The van der Waals surface area contributed by atoms with Crippen LogP contribution in [0.4, 0.5) is 0 Å². The molecule has 4 heteroatoms. The fraction of sp³-hybridized carbons (Fsp3) is 0.308. The van der Waals surface area contributed by atoms with Gasteiger partial charge < -0.3 is 14.3 Å². The summed E-state index contributed by atoms with van der Waals surface area (Å²) < 4.78 is 12.5. The van der Waals surface area contributed by atoms with Crippen molar-refractivity contribution in [3.05, 3.63) is 96.6 Å². The molecule has 0 radical (unpaired) electrons. The normalized spacial score (nSPS) is 13.2. The molecule has 3 aromatic carbocycles. The molecule has 30 heavy (non-hydrogen) atoms. The number of ether oxygens (including phenoxy) is 1. The molecule has 0 aliphatic rings. The van der Waals surface area contributed by atoms with Crippen molar-refractivity contribution in [1.82, 2.24) is 0 Å². The summed E-state index contributed by atoms with van der Waals surface area (Å²) in [6, 6.07) is 30.9. The zero-order valence-corrected chi connectivity index (χ0v) is 19.1. The summed E-state index contributed by atoms with van der Waals surface area (Å²) >= 11 is 0. The van der Waals surface area contributed by atoms with Gasteiger partial charge >= 0.3 is 0 Å². The third-order valence-electron chi connectivity index (χ3n) is 5.33. The molecule has 0 fully saturated rings. The molecule has 3 rings (SSSR count). The molecule has 0 saturated heterocycles. The molecule has 0 amide bonds. The van der Waals surface area contributed by atoms with Crippen LogP contribution < -0.4 is 10.4 Å². The Balaban J connectivity index is 1.77. The van der Waals surface area contributed by atoms with Gasteiger partial charge in [-0.25, -0.2) is 0 Å². The van der Waals surface area contributed by atoms with Crippen LogP contribution in [0.25, 0.3) is 0 Å². The Bertz CT molecular complexity index is 837. The Morgan fingerprint density at radius 2 is 1.20 bits per heavy atom. The van der Waals surface area contributed by atoms with Crippen LogP contribution in [0.2, 0.25) is 5.04 Å². The molecule has 0 heterocycles. The van der Waals surface area contributed by atoms with Gasteiger partial charge in [-0.3, -0.25) is 0 Å². The molecule has 0 aromatic heterocycles. The molecule has 0 aliphatic heterocycles.